The molecule has 5 nitrogen and oxygen atoms in total. The van der Waals surface area contributed by atoms with Crippen molar-refractivity contribution in [1.82, 2.24) is 4.98 Å². The van der Waals surface area contributed by atoms with E-state index >= 15 is 0 Å². The molecule has 5 heteroatoms. The van der Waals surface area contributed by atoms with Crippen molar-refractivity contribution in [3.8, 4) is 5.88 Å². The van der Waals surface area contributed by atoms with E-state index in [1.54, 1.807) is 6.07 Å². The molecular weight excluding hydrogens is 316 g/mol. The number of aromatic nitrogens is 1. The van der Waals surface area contributed by atoms with E-state index in [2.05, 4.69) is 24.1 Å². The van der Waals surface area contributed by atoms with Gasteiger partial charge in [-0.05, 0) is 39.7 Å². The predicted molar refractivity (Wildman–Crippen MR) is 102 cm³/mol. The van der Waals surface area contributed by atoms with Crippen LogP contribution in [-0.2, 0) is 9.53 Å². The Hall–Kier alpha value is -1.62. The fourth-order valence-corrected chi connectivity index (χ4v) is 2.61. The maximum absolute atomic E-state index is 12.8. The number of amides is 1. The van der Waals surface area contributed by atoms with Gasteiger partial charge >= 0.3 is 0 Å². The summed E-state index contributed by atoms with van der Waals surface area (Å²) < 4.78 is 11.4. The molecule has 0 aromatic carbocycles. The van der Waals surface area contributed by atoms with Gasteiger partial charge in [0.05, 0.1) is 18.0 Å². The van der Waals surface area contributed by atoms with E-state index in [9.17, 15) is 4.79 Å². The van der Waals surface area contributed by atoms with Gasteiger partial charge in [0.2, 0.25) is 5.88 Å². The van der Waals surface area contributed by atoms with E-state index in [0.717, 1.165) is 37.8 Å². The molecule has 142 valence electrons. The second kappa shape index (κ2) is 11.1. The number of rotatable bonds is 12. The summed E-state index contributed by atoms with van der Waals surface area (Å²) in [7, 11) is 0. The van der Waals surface area contributed by atoms with Gasteiger partial charge in [0.25, 0.3) is 5.91 Å². The molecule has 1 rings (SSSR count). The zero-order chi connectivity index (χ0) is 18.7. The largest absolute Gasteiger partial charge is 0.478 e. The van der Waals surface area contributed by atoms with Gasteiger partial charge in [0, 0.05) is 12.7 Å². The van der Waals surface area contributed by atoms with Crippen LogP contribution in [0.4, 0.5) is 5.69 Å². The van der Waals surface area contributed by atoms with Crippen LogP contribution in [0, 0.1) is 6.92 Å². The van der Waals surface area contributed by atoms with E-state index in [4.69, 9.17) is 9.47 Å². The van der Waals surface area contributed by atoms with Crippen molar-refractivity contribution in [2.24, 2.45) is 0 Å². The van der Waals surface area contributed by atoms with Crippen LogP contribution in [0.25, 0.3) is 0 Å². The van der Waals surface area contributed by atoms with Crippen LogP contribution in [0.3, 0.4) is 0 Å². The van der Waals surface area contributed by atoms with E-state index in [1.165, 1.54) is 0 Å². The third kappa shape index (κ3) is 7.02. The molecule has 0 radical (unpaired) electrons. The van der Waals surface area contributed by atoms with Crippen molar-refractivity contribution in [1.29, 1.82) is 0 Å². The Balaban J connectivity index is 2.75. The molecule has 0 aliphatic heterocycles. The topological polar surface area (TPSA) is 60.5 Å². The zero-order valence-corrected chi connectivity index (χ0v) is 16.5. The summed E-state index contributed by atoms with van der Waals surface area (Å²) in [4.78, 5) is 17.2. The fraction of sp³-hybridized carbons (Fsp3) is 0.700. The Morgan fingerprint density at radius 1 is 1.16 bits per heavy atom. The Morgan fingerprint density at radius 2 is 1.88 bits per heavy atom. The lowest BCUT2D eigenvalue weighted by Crippen LogP contribution is -2.43. The van der Waals surface area contributed by atoms with Gasteiger partial charge in [0.15, 0.2) is 0 Å². The molecule has 0 saturated heterocycles. The lowest BCUT2D eigenvalue weighted by molar-refractivity contribution is -0.139. The Morgan fingerprint density at radius 3 is 2.48 bits per heavy atom. The lowest BCUT2D eigenvalue weighted by atomic mass is 9.96. The van der Waals surface area contributed by atoms with Crippen LogP contribution in [0.15, 0.2) is 12.1 Å². The van der Waals surface area contributed by atoms with Gasteiger partial charge in [-0.3, -0.25) is 4.79 Å². The second-order valence-corrected chi connectivity index (χ2v) is 6.56. The number of hydrogen-bond acceptors (Lipinski definition) is 4. The molecule has 0 aliphatic carbocycles. The molecule has 1 amide bonds. The quantitative estimate of drug-likeness (QED) is 0.546. The molecule has 0 spiro atoms. The molecule has 0 saturated carbocycles. The summed E-state index contributed by atoms with van der Waals surface area (Å²) in [5.74, 6) is 0.481. The summed E-state index contributed by atoms with van der Waals surface area (Å²) >= 11 is 0. The number of nitrogens with one attached hydrogen (secondary N) is 1. The van der Waals surface area contributed by atoms with Gasteiger partial charge in [-0.15, -0.1) is 0 Å². The highest BCUT2D eigenvalue weighted by Gasteiger charge is 2.33. The van der Waals surface area contributed by atoms with Gasteiger partial charge in [0.1, 0.15) is 5.60 Å². The fourth-order valence-electron chi connectivity index (χ4n) is 2.61. The van der Waals surface area contributed by atoms with Crippen molar-refractivity contribution < 1.29 is 14.3 Å². The van der Waals surface area contributed by atoms with Crippen LogP contribution in [0.1, 0.15) is 71.9 Å². The molecule has 1 aromatic heterocycles. The first-order valence-electron chi connectivity index (χ1n) is 9.52. The number of pyridine rings is 1. The van der Waals surface area contributed by atoms with Crippen LogP contribution < -0.4 is 10.1 Å². The molecule has 0 unspecified atom stereocenters. The third-order valence-corrected chi connectivity index (χ3v) is 4.26. The van der Waals surface area contributed by atoms with Crippen LogP contribution in [0.5, 0.6) is 5.88 Å². The van der Waals surface area contributed by atoms with Crippen molar-refractivity contribution in [2.45, 2.75) is 78.7 Å². The van der Waals surface area contributed by atoms with Gasteiger partial charge in [-0.2, -0.15) is 0 Å². The summed E-state index contributed by atoms with van der Waals surface area (Å²) in [6.45, 7) is 11.1. The predicted octanol–water partition coefficient (Wildman–Crippen LogP) is 4.88. The minimum Gasteiger partial charge on any atom is -0.478 e. The van der Waals surface area contributed by atoms with E-state index in [0.29, 0.717) is 31.2 Å². The van der Waals surface area contributed by atoms with Crippen LogP contribution >= 0.6 is 0 Å². The number of nitrogens with zero attached hydrogens (tertiary/aromatic N) is 1. The van der Waals surface area contributed by atoms with Crippen molar-refractivity contribution >= 4 is 11.6 Å². The van der Waals surface area contributed by atoms with Crippen LogP contribution in [-0.4, -0.2) is 29.7 Å². The summed E-state index contributed by atoms with van der Waals surface area (Å²) in [6, 6.07) is 3.65. The highest BCUT2D eigenvalue weighted by molar-refractivity contribution is 5.97. The molecule has 0 fully saturated rings. The summed E-state index contributed by atoms with van der Waals surface area (Å²) in [6.07, 6.45) is 5.99. The molecule has 1 aromatic rings. The average molecular weight is 351 g/mol. The number of carbonyl (C=O) groups is 1. The second-order valence-electron chi connectivity index (χ2n) is 6.56. The van der Waals surface area contributed by atoms with Crippen molar-refractivity contribution in [3.63, 3.8) is 0 Å². The highest BCUT2D eigenvalue weighted by atomic mass is 16.5. The standard InChI is InChI=1S/C20H34N2O3/c1-6-9-11-14-20(5,25-8-3)19(23)22-17-12-13-18(21-16(17)4)24-15-10-7-2/h12-13H,6-11,14-15H2,1-5H3,(H,22,23)/t20-/m1/s1. The van der Waals surface area contributed by atoms with E-state index in [-0.39, 0.29) is 5.91 Å². The van der Waals surface area contributed by atoms with Gasteiger partial charge < -0.3 is 14.8 Å². The number of ether oxygens (including phenoxy) is 2. The maximum Gasteiger partial charge on any atom is 0.256 e. The Bertz CT molecular complexity index is 534. The third-order valence-electron chi connectivity index (χ3n) is 4.26. The molecule has 0 aliphatic rings. The summed E-state index contributed by atoms with van der Waals surface area (Å²) in [5.41, 5.74) is 0.635. The molecule has 1 heterocycles. The lowest BCUT2D eigenvalue weighted by Gasteiger charge is -2.28. The summed E-state index contributed by atoms with van der Waals surface area (Å²) in [5, 5.41) is 2.98. The maximum atomic E-state index is 12.8. The first-order chi connectivity index (χ1) is 12.0. The zero-order valence-electron chi connectivity index (χ0n) is 16.5. The minimum atomic E-state index is -0.813. The highest BCUT2D eigenvalue weighted by Crippen LogP contribution is 2.24. The number of carbonyl (C=O) groups excluding carboxylic acids is 1. The number of unbranched alkanes of at least 4 members (excludes halogenated alkanes) is 3. The molecule has 1 atom stereocenters. The van der Waals surface area contributed by atoms with E-state index < -0.39 is 5.60 Å². The Kier molecular flexibility index (Phi) is 9.50. The molecule has 25 heavy (non-hydrogen) atoms. The number of anilines is 1. The van der Waals surface area contributed by atoms with Gasteiger partial charge in [-0.1, -0.05) is 39.5 Å². The van der Waals surface area contributed by atoms with Crippen LogP contribution in [0.2, 0.25) is 0 Å². The Labute approximate surface area is 152 Å². The van der Waals surface area contributed by atoms with Crippen molar-refractivity contribution in [2.75, 3.05) is 18.5 Å². The molecular formula is C20H34N2O3. The van der Waals surface area contributed by atoms with E-state index in [1.807, 2.05) is 26.8 Å². The SMILES string of the molecule is CCCCC[C@@](C)(OCC)C(=O)Nc1ccc(OCCCC)nc1C. The molecule has 0 bridgehead atoms. The van der Waals surface area contributed by atoms with Gasteiger partial charge in [-0.25, -0.2) is 4.98 Å². The number of hydrogen-bond donors (Lipinski definition) is 1. The first kappa shape index (κ1) is 21.4. The first-order valence-corrected chi connectivity index (χ1v) is 9.52. The average Bonchev–Trinajstić information content (AvgIpc) is 2.58. The van der Waals surface area contributed by atoms with Crippen molar-refractivity contribution in [3.05, 3.63) is 17.8 Å². The normalized spacial score (nSPS) is 13.3. The molecule has 1 N–H and O–H groups in total. The smallest absolute Gasteiger partial charge is 0.256 e. The monoisotopic (exact) mass is 350 g/mol. The number of aryl methyl sites for hydroxylation is 1. The minimum absolute atomic E-state index is 0.116.